The Hall–Kier alpha value is -2.93. The van der Waals surface area contributed by atoms with E-state index in [4.69, 9.17) is 4.74 Å². The number of phenolic OH excluding ortho intramolecular Hbond substituents is 1. The molecule has 0 aliphatic carbocycles. The molecule has 34 heavy (non-hydrogen) atoms. The number of aryl methyl sites for hydroxylation is 1. The molecule has 0 heterocycles. The van der Waals surface area contributed by atoms with E-state index in [1.807, 2.05) is 13.0 Å². The number of rotatable bonds is 11. The van der Waals surface area contributed by atoms with Crippen LogP contribution in [0.25, 0.3) is 0 Å². The summed E-state index contributed by atoms with van der Waals surface area (Å²) < 4.78 is 5.23. The third-order valence-electron chi connectivity index (χ3n) is 4.87. The monoisotopic (exact) mass is 492 g/mol. The van der Waals surface area contributed by atoms with E-state index in [2.05, 4.69) is 23.3 Å². The molecule has 10 heteroatoms. The average Bonchev–Trinajstić information content (AvgIpc) is 2.75. The van der Waals surface area contributed by atoms with Crippen molar-refractivity contribution in [3.8, 4) is 11.8 Å². The van der Waals surface area contributed by atoms with E-state index in [0.717, 1.165) is 24.2 Å². The van der Waals surface area contributed by atoms with Gasteiger partial charge in [0.2, 0.25) is 11.8 Å². The van der Waals surface area contributed by atoms with Crippen LogP contribution in [-0.2, 0) is 14.3 Å². The van der Waals surface area contributed by atoms with E-state index >= 15 is 0 Å². The van der Waals surface area contributed by atoms with Gasteiger partial charge in [0.15, 0.2) is 0 Å². The summed E-state index contributed by atoms with van der Waals surface area (Å²) in [6.45, 7) is 8.82. The van der Waals surface area contributed by atoms with E-state index < -0.39 is 42.1 Å². The topological polar surface area (TPSA) is 132 Å². The van der Waals surface area contributed by atoms with Gasteiger partial charge in [0.25, 0.3) is 0 Å². The maximum Gasteiger partial charge on any atom is 0.408 e. The average molecular weight is 493 g/mol. The van der Waals surface area contributed by atoms with Gasteiger partial charge in [-0.3, -0.25) is 9.59 Å². The van der Waals surface area contributed by atoms with Crippen molar-refractivity contribution in [2.75, 3.05) is 18.8 Å². The number of benzene rings is 1. The first-order valence-electron chi connectivity index (χ1n) is 11.3. The maximum absolute atomic E-state index is 13.4. The van der Waals surface area contributed by atoms with Crippen LogP contribution in [0, 0.1) is 18.3 Å². The Morgan fingerprint density at radius 3 is 2.47 bits per heavy atom. The fourth-order valence-corrected chi connectivity index (χ4v) is 3.46. The predicted octanol–water partition coefficient (Wildman–Crippen LogP) is 3.22. The van der Waals surface area contributed by atoms with Crippen molar-refractivity contribution >= 4 is 30.5 Å². The summed E-state index contributed by atoms with van der Waals surface area (Å²) in [5.41, 5.74) is 0.177. The van der Waals surface area contributed by atoms with Gasteiger partial charge in [-0.25, -0.2) is 4.79 Å². The molecule has 0 aliphatic rings. The molecule has 2 unspecified atom stereocenters. The number of aromatic hydroxyl groups is 1. The van der Waals surface area contributed by atoms with Crippen LogP contribution in [0.1, 0.15) is 64.1 Å². The normalized spacial score (nSPS) is 12.7. The highest BCUT2D eigenvalue weighted by atomic mass is 32.1. The van der Waals surface area contributed by atoms with Crippen LogP contribution in [-0.4, -0.2) is 58.4 Å². The van der Waals surface area contributed by atoms with Crippen molar-refractivity contribution in [1.82, 2.24) is 15.5 Å². The predicted molar refractivity (Wildman–Crippen MR) is 132 cm³/mol. The van der Waals surface area contributed by atoms with Gasteiger partial charge in [-0.1, -0.05) is 25.8 Å². The minimum atomic E-state index is -1.14. The molecule has 0 spiro atoms. The number of nitrogens with one attached hydrogen (secondary N) is 2. The number of hydrogen-bond donors (Lipinski definition) is 4. The van der Waals surface area contributed by atoms with Gasteiger partial charge in [0, 0.05) is 12.3 Å². The largest absolute Gasteiger partial charge is 0.508 e. The van der Waals surface area contributed by atoms with Gasteiger partial charge in [-0.15, -0.1) is 0 Å². The standard InChI is InChI=1S/C24H36N4O5S/c1-6-7-8-12-26-21(30)20(17-9-10-19(29)16(2)14-17)28(13-11-25)22(31)18(15-34)27-23(32)33-24(3,4)5/h9-10,14,18,20,29,34H,6-8,12-13,15H2,1-5H3,(H,26,30)(H,27,32). The van der Waals surface area contributed by atoms with Gasteiger partial charge < -0.3 is 25.4 Å². The first kappa shape index (κ1) is 29.1. The number of carbonyl (C=O) groups excluding carboxylic acids is 3. The number of nitrogens with zero attached hydrogens (tertiary/aromatic N) is 2. The van der Waals surface area contributed by atoms with Gasteiger partial charge in [-0.2, -0.15) is 17.9 Å². The van der Waals surface area contributed by atoms with Crippen molar-refractivity contribution in [3.63, 3.8) is 0 Å². The molecule has 0 aliphatic heterocycles. The quantitative estimate of drug-likeness (QED) is 0.213. The van der Waals surface area contributed by atoms with Crippen molar-refractivity contribution in [3.05, 3.63) is 29.3 Å². The number of phenols is 1. The first-order chi connectivity index (χ1) is 15.9. The van der Waals surface area contributed by atoms with Gasteiger partial charge in [0.1, 0.15) is 30.0 Å². The molecular formula is C24H36N4O5S. The fourth-order valence-electron chi connectivity index (χ4n) is 3.21. The molecule has 3 amide bonds. The zero-order valence-corrected chi connectivity index (χ0v) is 21.4. The number of alkyl carbamates (subject to hydrolysis) is 1. The Morgan fingerprint density at radius 1 is 1.26 bits per heavy atom. The minimum Gasteiger partial charge on any atom is -0.508 e. The van der Waals surface area contributed by atoms with Crippen LogP contribution in [0.2, 0.25) is 0 Å². The number of nitriles is 1. The molecule has 2 atom stereocenters. The number of amides is 3. The first-order valence-corrected chi connectivity index (χ1v) is 11.9. The number of thiol groups is 1. The van der Waals surface area contributed by atoms with E-state index in [-0.39, 0.29) is 11.5 Å². The summed E-state index contributed by atoms with van der Waals surface area (Å²) in [5.74, 6) is -1.13. The molecule has 0 radical (unpaired) electrons. The van der Waals surface area contributed by atoms with Crippen LogP contribution < -0.4 is 10.6 Å². The molecule has 0 aromatic heterocycles. The van der Waals surface area contributed by atoms with Crippen molar-refractivity contribution in [2.24, 2.45) is 0 Å². The summed E-state index contributed by atoms with van der Waals surface area (Å²) in [5, 5.41) is 24.7. The second-order valence-corrected chi connectivity index (χ2v) is 9.32. The smallest absolute Gasteiger partial charge is 0.408 e. The van der Waals surface area contributed by atoms with Crippen LogP contribution in [0.5, 0.6) is 5.75 Å². The summed E-state index contributed by atoms with van der Waals surface area (Å²) in [7, 11) is 0. The zero-order valence-electron chi connectivity index (χ0n) is 20.6. The second kappa shape index (κ2) is 13.7. The molecule has 0 saturated carbocycles. The van der Waals surface area contributed by atoms with E-state index in [9.17, 15) is 24.8 Å². The van der Waals surface area contributed by atoms with E-state index in [1.54, 1.807) is 33.8 Å². The van der Waals surface area contributed by atoms with Gasteiger partial charge in [0.05, 0.1) is 6.07 Å². The summed E-state index contributed by atoms with van der Waals surface area (Å²) in [6.07, 6.45) is 1.88. The molecule has 0 saturated heterocycles. The van der Waals surface area contributed by atoms with Gasteiger partial charge in [-0.05, 0) is 57.4 Å². The SMILES string of the molecule is CCCCCNC(=O)C(c1ccc(O)c(C)c1)N(CC#N)C(=O)C(CS)NC(=O)OC(C)(C)C. The summed E-state index contributed by atoms with van der Waals surface area (Å²) >= 11 is 4.19. The van der Waals surface area contributed by atoms with Crippen molar-refractivity contribution in [2.45, 2.75) is 71.6 Å². The van der Waals surface area contributed by atoms with Crippen LogP contribution >= 0.6 is 12.6 Å². The second-order valence-electron chi connectivity index (χ2n) is 8.95. The molecule has 1 aromatic carbocycles. The number of unbranched alkanes of at least 4 members (excludes halogenated alkanes) is 2. The Kier molecular flexibility index (Phi) is 11.7. The van der Waals surface area contributed by atoms with E-state index in [1.165, 1.54) is 12.1 Å². The van der Waals surface area contributed by atoms with Crippen molar-refractivity contribution in [1.29, 1.82) is 5.26 Å². The third-order valence-corrected chi connectivity index (χ3v) is 5.24. The molecule has 188 valence electrons. The summed E-state index contributed by atoms with van der Waals surface area (Å²) in [6, 6.07) is 4.24. The Morgan fingerprint density at radius 2 is 1.94 bits per heavy atom. The van der Waals surface area contributed by atoms with E-state index in [0.29, 0.717) is 17.7 Å². The van der Waals surface area contributed by atoms with Crippen molar-refractivity contribution < 1.29 is 24.2 Å². The molecule has 0 fully saturated rings. The third kappa shape index (κ3) is 9.14. The molecular weight excluding hydrogens is 456 g/mol. The fraction of sp³-hybridized carbons (Fsp3) is 0.583. The summed E-state index contributed by atoms with van der Waals surface area (Å²) in [4.78, 5) is 40.0. The van der Waals surface area contributed by atoms with Crippen LogP contribution in [0.3, 0.4) is 0 Å². The lowest BCUT2D eigenvalue weighted by Gasteiger charge is -2.32. The highest BCUT2D eigenvalue weighted by Crippen LogP contribution is 2.27. The number of carbonyl (C=O) groups is 3. The van der Waals surface area contributed by atoms with Gasteiger partial charge >= 0.3 is 6.09 Å². The number of ether oxygens (including phenoxy) is 1. The Bertz CT molecular complexity index is 894. The molecule has 9 nitrogen and oxygen atoms in total. The van der Waals surface area contributed by atoms with Crippen LogP contribution in [0.4, 0.5) is 4.79 Å². The highest BCUT2D eigenvalue weighted by molar-refractivity contribution is 7.80. The molecule has 1 aromatic rings. The van der Waals surface area contributed by atoms with Crippen LogP contribution in [0.15, 0.2) is 18.2 Å². The zero-order chi connectivity index (χ0) is 25.9. The molecule has 1 rings (SSSR count). The molecule has 3 N–H and O–H groups in total. The number of hydrogen-bond acceptors (Lipinski definition) is 7. The Balaban J connectivity index is 3.31. The lowest BCUT2D eigenvalue weighted by atomic mass is 10.0. The lowest BCUT2D eigenvalue weighted by molar-refractivity contribution is -0.141. The Labute approximate surface area is 207 Å². The lowest BCUT2D eigenvalue weighted by Crippen LogP contribution is -2.54. The molecule has 0 bridgehead atoms. The minimum absolute atomic E-state index is 0.0452. The maximum atomic E-state index is 13.4. The highest BCUT2D eigenvalue weighted by Gasteiger charge is 2.36.